The molecule has 0 radical (unpaired) electrons. The maximum atomic E-state index is 8.66. The van der Waals surface area contributed by atoms with E-state index in [1.807, 2.05) is 18.3 Å². The summed E-state index contributed by atoms with van der Waals surface area (Å²) in [6.45, 7) is 4.16. The van der Waals surface area contributed by atoms with Crippen LogP contribution in [-0.4, -0.2) is 4.98 Å². The molecule has 1 aromatic rings. The molecule has 1 rings (SSSR count). The average Bonchev–Trinajstić information content (AvgIpc) is 2.67. The first-order valence-corrected chi connectivity index (χ1v) is 4.97. The molecule has 0 aliphatic rings. The molecule has 0 atom stereocenters. The molecule has 0 spiro atoms. The predicted molar refractivity (Wildman–Crippen MR) is 58.8 cm³/mol. The molecule has 76 valence electrons. The van der Waals surface area contributed by atoms with Crippen LogP contribution in [0.2, 0.25) is 0 Å². The molecule has 1 aromatic heterocycles. The minimum absolute atomic E-state index is 0.134. The normalized spacial score (nSPS) is 9.07. The summed E-state index contributed by atoms with van der Waals surface area (Å²) in [5.41, 5.74) is 3.46. The van der Waals surface area contributed by atoms with E-state index in [2.05, 4.69) is 18.8 Å². The highest BCUT2D eigenvalue weighted by Crippen LogP contribution is 2.18. The van der Waals surface area contributed by atoms with Gasteiger partial charge in [0.25, 0.3) is 0 Å². The summed E-state index contributed by atoms with van der Waals surface area (Å²) in [7, 11) is 0. The lowest BCUT2D eigenvalue weighted by atomic mass is 10.1. The third-order valence-corrected chi connectivity index (χ3v) is 2.38. The molecule has 0 saturated carbocycles. The molecule has 0 aliphatic heterocycles. The Labute approximate surface area is 89.7 Å². The molecule has 1 heterocycles. The van der Waals surface area contributed by atoms with Gasteiger partial charge >= 0.3 is 0 Å². The Hall–Kier alpha value is -2.00. The molecule has 0 aromatic carbocycles. The molecule has 0 fully saturated rings. The van der Waals surface area contributed by atoms with Crippen LogP contribution in [0.15, 0.2) is 11.8 Å². The van der Waals surface area contributed by atoms with Gasteiger partial charge in [-0.15, -0.1) is 0 Å². The molecule has 1 N–H and O–H groups in total. The first-order chi connectivity index (χ1) is 7.26. The van der Waals surface area contributed by atoms with Gasteiger partial charge in [0.1, 0.15) is 17.7 Å². The number of nitrogens with one attached hydrogen (secondary N) is 1. The molecule has 0 unspecified atom stereocenters. The maximum Gasteiger partial charge on any atom is 0.131 e. The Morgan fingerprint density at radius 1 is 1.33 bits per heavy atom. The molecule has 0 bridgehead atoms. The zero-order chi connectivity index (χ0) is 11.3. The van der Waals surface area contributed by atoms with Crippen LogP contribution in [0.5, 0.6) is 0 Å². The molecule has 3 nitrogen and oxygen atoms in total. The van der Waals surface area contributed by atoms with E-state index in [4.69, 9.17) is 10.5 Å². The summed E-state index contributed by atoms with van der Waals surface area (Å²) in [6.07, 6.45) is 5.42. The van der Waals surface area contributed by atoms with Crippen molar-refractivity contribution in [1.29, 1.82) is 10.5 Å². The second-order valence-electron chi connectivity index (χ2n) is 3.19. The van der Waals surface area contributed by atoms with Gasteiger partial charge in [-0.25, -0.2) is 0 Å². The lowest BCUT2D eigenvalue weighted by molar-refractivity contribution is 1.05. The summed E-state index contributed by atoms with van der Waals surface area (Å²) in [5.74, 6) is 0. The van der Waals surface area contributed by atoms with E-state index in [-0.39, 0.29) is 5.57 Å². The number of aromatic nitrogens is 1. The van der Waals surface area contributed by atoms with Crippen molar-refractivity contribution in [2.45, 2.75) is 26.7 Å². The van der Waals surface area contributed by atoms with Gasteiger partial charge in [0.2, 0.25) is 0 Å². The zero-order valence-electron chi connectivity index (χ0n) is 8.96. The highest BCUT2D eigenvalue weighted by atomic mass is 14.7. The van der Waals surface area contributed by atoms with Crippen molar-refractivity contribution in [1.82, 2.24) is 4.98 Å². The highest BCUT2D eigenvalue weighted by Gasteiger charge is 2.06. The van der Waals surface area contributed by atoms with Crippen LogP contribution >= 0.6 is 0 Å². The third kappa shape index (κ3) is 2.27. The minimum atomic E-state index is 0.134. The van der Waals surface area contributed by atoms with Crippen molar-refractivity contribution in [2.24, 2.45) is 0 Å². The van der Waals surface area contributed by atoms with Crippen LogP contribution in [-0.2, 0) is 12.8 Å². The first kappa shape index (κ1) is 11.1. The number of hydrogen-bond donors (Lipinski definition) is 1. The van der Waals surface area contributed by atoms with Gasteiger partial charge in [-0.1, -0.05) is 13.8 Å². The molecular formula is C12H13N3. The van der Waals surface area contributed by atoms with Gasteiger partial charge in [0.15, 0.2) is 0 Å². The number of rotatable bonds is 3. The van der Waals surface area contributed by atoms with E-state index >= 15 is 0 Å². The van der Waals surface area contributed by atoms with Crippen LogP contribution in [0, 0.1) is 22.7 Å². The van der Waals surface area contributed by atoms with Crippen molar-refractivity contribution < 1.29 is 0 Å². The molecule has 0 saturated heterocycles. The number of allylic oxidation sites excluding steroid dienone is 1. The maximum absolute atomic E-state index is 8.66. The summed E-state index contributed by atoms with van der Waals surface area (Å²) < 4.78 is 0. The highest BCUT2D eigenvalue weighted by molar-refractivity contribution is 5.63. The number of aromatic amines is 1. The zero-order valence-corrected chi connectivity index (χ0v) is 8.96. The average molecular weight is 199 g/mol. The Kier molecular flexibility index (Phi) is 3.71. The van der Waals surface area contributed by atoms with Gasteiger partial charge < -0.3 is 4.98 Å². The standard InChI is InChI=1S/C12H13N3/c1-3-10-8-15-12(11(10)4-2)5-9(6-13)7-14/h5,8,15H,3-4H2,1-2H3. The molecular weight excluding hydrogens is 186 g/mol. The van der Waals surface area contributed by atoms with E-state index in [9.17, 15) is 0 Å². The van der Waals surface area contributed by atoms with Crippen LogP contribution in [0.4, 0.5) is 0 Å². The fourth-order valence-electron chi connectivity index (χ4n) is 1.61. The van der Waals surface area contributed by atoms with Gasteiger partial charge in [-0.2, -0.15) is 10.5 Å². The van der Waals surface area contributed by atoms with E-state index in [1.165, 1.54) is 11.1 Å². The molecule has 3 heteroatoms. The van der Waals surface area contributed by atoms with Crippen molar-refractivity contribution in [2.75, 3.05) is 0 Å². The number of nitriles is 2. The molecule has 0 amide bonds. The van der Waals surface area contributed by atoms with E-state index in [0.29, 0.717) is 0 Å². The first-order valence-electron chi connectivity index (χ1n) is 4.97. The smallest absolute Gasteiger partial charge is 0.131 e. The van der Waals surface area contributed by atoms with Gasteiger partial charge in [-0.3, -0.25) is 0 Å². The predicted octanol–water partition coefficient (Wildman–Crippen LogP) is 2.57. The number of H-pyrrole nitrogens is 1. The van der Waals surface area contributed by atoms with Crippen molar-refractivity contribution in [3.63, 3.8) is 0 Å². The fourth-order valence-corrected chi connectivity index (χ4v) is 1.61. The van der Waals surface area contributed by atoms with Crippen LogP contribution in [0.25, 0.3) is 6.08 Å². The van der Waals surface area contributed by atoms with Gasteiger partial charge in [0.05, 0.1) is 0 Å². The fraction of sp³-hybridized carbons (Fsp3) is 0.333. The Balaban J connectivity index is 3.18. The van der Waals surface area contributed by atoms with Crippen molar-refractivity contribution >= 4 is 6.08 Å². The minimum Gasteiger partial charge on any atom is -0.361 e. The lowest BCUT2D eigenvalue weighted by Gasteiger charge is -1.98. The van der Waals surface area contributed by atoms with Gasteiger partial charge in [0, 0.05) is 11.9 Å². The summed E-state index contributed by atoms with van der Waals surface area (Å²) in [5, 5.41) is 17.3. The summed E-state index contributed by atoms with van der Waals surface area (Å²) >= 11 is 0. The lowest BCUT2D eigenvalue weighted by Crippen LogP contribution is -1.88. The Morgan fingerprint density at radius 2 is 2.00 bits per heavy atom. The van der Waals surface area contributed by atoms with Crippen LogP contribution in [0.1, 0.15) is 30.7 Å². The van der Waals surface area contributed by atoms with E-state index in [0.717, 1.165) is 18.5 Å². The largest absolute Gasteiger partial charge is 0.361 e. The topological polar surface area (TPSA) is 63.4 Å². The van der Waals surface area contributed by atoms with Gasteiger partial charge in [-0.05, 0) is 30.0 Å². The second-order valence-corrected chi connectivity index (χ2v) is 3.19. The Bertz CT molecular complexity index is 436. The van der Waals surface area contributed by atoms with Crippen molar-refractivity contribution in [3.05, 3.63) is 28.6 Å². The third-order valence-electron chi connectivity index (χ3n) is 2.38. The number of aryl methyl sites for hydroxylation is 1. The number of hydrogen-bond acceptors (Lipinski definition) is 2. The Morgan fingerprint density at radius 3 is 2.47 bits per heavy atom. The number of nitrogens with zero attached hydrogens (tertiary/aromatic N) is 2. The molecule has 15 heavy (non-hydrogen) atoms. The SMILES string of the molecule is CCc1c[nH]c(C=C(C#N)C#N)c1CC. The monoisotopic (exact) mass is 199 g/mol. The quantitative estimate of drug-likeness (QED) is 0.760. The van der Waals surface area contributed by atoms with Crippen LogP contribution < -0.4 is 0 Å². The van der Waals surface area contributed by atoms with E-state index < -0.39 is 0 Å². The van der Waals surface area contributed by atoms with Crippen molar-refractivity contribution in [3.8, 4) is 12.1 Å². The summed E-state index contributed by atoms with van der Waals surface area (Å²) in [4.78, 5) is 3.10. The van der Waals surface area contributed by atoms with Crippen LogP contribution in [0.3, 0.4) is 0 Å². The second kappa shape index (κ2) is 5.02. The molecule has 0 aliphatic carbocycles. The summed E-state index contributed by atoms with van der Waals surface area (Å²) in [6, 6.07) is 3.72. The van der Waals surface area contributed by atoms with E-state index in [1.54, 1.807) is 6.08 Å².